The third kappa shape index (κ3) is 5.94. The van der Waals surface area contributed by atoms with Crippen molar-refractivity contribution in [2.24, 2.45) is 5.73 Å². The second-order valence-electron chi connectivity index (χ2n) is 8.60. The van der Waals surface area contributed by atoms with Gasteiger partial charge in [-0.15, -0.1) is 0 Å². The first-order valence-electron chi connectivity index (χ1n) is 11.6. The van der Waals surface area contributed by atoms with E-state index in [1.165, 1.54) is 5.56 Å². The molecular weight excluding hydrogens is 446 g/mol. The van der Waals surface area contributed by atoms with Crippen LogP contribution in [0, 0.1) is 0 Å². The van der Waals surface area contributed by atoms with Crippen molar-refractivity contribution in [1.29, 1.82) is 0 Å². The molecule has 3 atom stereocenters. The Hall–Kier alpha value is -2.94. The van der Waals surface area contributed by atoms with Gasteiger partial charge in [0, 0.05) is 35.8 Å². The number of aromatic nitrogens is 1. The molecule has 2 heterocycles. The summed E-state index contributed by atoms with van der Waals surface area (Å²) < 4.78 is 0. The molecule has 0 bridgehead atoms. The van der Waals surface area contributed by atoms with Crippen LogP contribution in [0.15, 0.2) is 71.8 Å². The SMILES string of the molecule is CC(CC(Sc1ccc2ccccc2n1)c1ccccc1)N(C=O)N1CC[C@@H](NC(=O)CN)C1. The normalized spacial score (nSPS) is 17.9. The van der Waals surface area contributed by atoms with Gasteiger partial charge in [0.05, 0.1) is 17.1 Å². The molecule has 1 saturated heterocycles. The van der Waals surface area contributed by atoms with Gasteiger partial charge in [-0.25, -0.2) is 9.99 Å². The second kappa shape index (κ2) is 11.5. The number of hydrogen-bond acceptors (Lipinski definition) is 6. The van der Waals surface area contributed by atoms with E-state index >= 15 is 0 Å². The minimum Gasteiger partial charge on any atom is -0.351 e. The molecule has 2 amide bonds. The number of thioether (sulfide) groups is 1. The van der Waals surface area contributed by atoms with Crippen molar-refractivity contribution in [2.45, 2.75) is 42.1 Å². The van der Waals surface area contributed by atoms with Crippen LogP contribution < -0.4 is 11.1 Å². The number of hydrazine groups is 1. The minimum absolute atomic E-state index is 0.00629. The number of fused-ring (bicyclic) bond motifs is 1. The first kappa shape index (κ1) is 24.2. The first-order valence-corrected chi connectivity index (χ1v) is 12.5. The first-order chi connectivity index (χ1) is 16.6. The maximum absolute atomic E-state index is 12.1. The molecule has 3 N–H and O–H groups in total. The van der Waals surface area contributed by atoms with Gasteiger partial charge in [0.25, 0.3) is 0 Å². The Labute approximate surface area is 204 Å². The number of nitrogens with two attached hydrogens (primary N) is 1. The lowest BCUT2D eigenvalue weighted by Gasteiger charge is -2.35. The zero-order valence-electron chi connectivity index (χ0n) is 19.3. The number of pyridine rings is 1. The number of para-hydroxylation sites is 1. The topological polar surface area (TPSA) is 91.6 Å². The lowest BCUT2D eigenvalue weighted by atomic mass is 10.1. The van der Waals surface area contributed by atoms with E-state index in [-0.39, 0.29) is 29.8 Å². The van der Waals surface area contributed by atoms with Gasteiger partial charge in [-0.05, 0) is 37.5 Å². The van der Waals surface area contributed by atoms with Crippen LogP contribution in [0.25, 0.3) is 10.9 Å². The summed E-state index contributed by atoms with van der Waals surface area (Å²) in [7, 11) is 0. The lowest BCUT2D eigenvalue weighted by Crippen LogP contribution is -2.48. The van der Waals surface area contributed by atoms with E-state index in [1.807, 2.05) is 41.4 Å². The smallest absolute Gasteiger partial charge is 0.233 e. The summed E-state index contributed by atoms with van der Waals surface area (Å²) in [6, 6.07) is 22.6. The summed E-state index contributed by atoms with van der Waals surface area (Å²) in [5.74, 6) is -0.166. The maximum atomic E-state index is 12.1. The van der Waals surface area contributed by atoms with E-state index in [2.05, 4.69) is 42.6 Å². The predicted molar refractivity (Wildman–Crippen MR) is 136 cm³/mol. The number of amides is 2. The van der Waals surface area contributed by atoms with Gasteiger partial charge >= 0.3 is 0 Å². The fourth-order valence-corrected chi connectivity index (χ4v) is 5.66. The summed E-state index contributed by atoms with van der Waals surface area (Å²) in [5, 5.41) is 8.94. The van der Waals surface area contributed by atoms with Crippen molar-refractivity contribution in [1.82, 2.24) is 20.3 Å². The van der Waals surface area contributed by atoms with Crippen LogP contribution in [-0.4, -0.2) is 59.0 Å². The van der Waals surface area contributed by atoms with Gasteiger partial charge in [-0.1, -0.05) is 66.4 Å². The van der Waals surface area contributed by atoms with Crippen LogP contribution in [0.4, 0.5) is 0 Å². The Balaban J connectivity index is 1.49. The molecule has 2 aromatic carbocycles. The molecule has 178 valence electrons. The van der Waals surface area contributed by atoms with Crippen LogP contribution in [0.3, 0.4) is 0 Å². The molecule has 8 heteroatoms. The van der Waals surface area contributed by atoms with E-state index in [4.69, 9.17) is 10.7 Å². The van der Waals surface area contributed by atoms with E-state index < -0.39 is 0 Å². The monoisotopic (exact) mass is 477 g/mol. The molecule has 1 aliphatic rings. The Kier molecular flexibility index (Phi) is 8.16. The Morgan fingerprint density at radius 3 is 2.74 bits per heavy atom. The highest BCUT2D eigenvalue weighted by molar-refractivity contribution is 7.99. The summed E-state index contributed by atoms with van der Waals surface area (Å²) in [5.41, 5.74) is 7.60. The quantitative estimate of drug-likeness (QED) is 0.344. The summed E-state index contributed by atoms with van der Waals surface area (Å²) in [4.78, 5) is 28.6. The molecule has 2 unspecified atom stereocenters. The number of rotatable bonds is 10. The van der Waals surface area contributed by atoms with Crippen molar-refractivity contribution in [3.63, 3.8) is 0 Å². The predicted octanol–water partition coefficient (Wildman–Crippen LogP) is 3.37. The van der Waals surface area contributed by atoms with Gasteiger partial charge in [-0.3, -0.25) is 14.6 Å². The fourth-order valence-electron chi connectivity index (χ4n) is 4.40. The highest BCUT2D eigenvalue weighted by Crippen LogP contribution is 2.39. The number of carbonyl (C=O) groups excluding carboxylic acids is 2. The maximum Gasteiger partial charge on any atom is 0.233 e. The number of nitrogens with zero attached hydrogens (tertiary/aromatic N) is 3. The molecule has 7 nitrogen and oxygen atoms in total. The standard InChI is InChI=1S/C26H31N5O2S/c1-19(31(18-32)30-14-13-22(17-30)28-25(33)16-27)15-24(21-8-3-2-4-9-21)34-26-12-11-20-7-5-6-10-23(20)29-26/h2-12,18-19,22,24H,13-17,27H2,1H3,(H,28,33)/t19?,22-,24?/m1/s1. The highest BCUT2D eigenvalue weighted by atomic mass is 32.2. The molecule has 3 aromatic rings. The van der Waals surface area contributed by atoms with Crippen LogP contribution in [0.5, 0.6) is 0 Å². The number of benzene rings is 2. The fraction of sp³-hybridized carbons (Fsp3) is 0.346. The molecule has 0 saturated carbocycles. The van der Waals surface area contributed by atoms with Gasteiger partial charge in [0.2, 0.25) is 12.3 Å². The Morgan fingerprint density at radius 1 is 1.21 bits per heavy atom. The van der Waals surface area contributed by atoms with Gasteiger partial charge in [0.15, 0.2) is 0 Å². The molecule has 0 aliphatic carbocycles. The highest BCUT2D eigenvalue weighted by Gasteiger charge is 2.31. The summed E-state index contributed by atoms with van der Waals surface area (Å²) in [6.45, 7) is 3.37. The number of nitrogens with one attached hydrogen (secondary N) is 1. The van der Waals surface area contributed by atoms with Crippen LogP contribution in [0.1, 0.15) is 30.6 Å². The zero-order chi connectivity index (χ0) is 23.9. The van der Waals surface area contributed by atoms with Crippen molar-refractivity contribution in [3.8, 4) is 0 Å². The number of carbonyl (C=O) groups is 2. The minimum atomic E-state index is -0.166. The number of hydrogen-bond donors (Lipinski definition) is 2. The molecule has 4 rings (SSSR count). The molecule has 0 spiro atoms. The van der Waals surface area contributed by atoms with Crippen molar-refractivity contribution >= 4 is 35.0 Å². The van der Waals surface area contributed by atoms with Crippen LogP contribution >= 0.6 is 11.8 Å². The van der Waals surface area contributed by atoms with Crippen molar-refractivity contribution in [3.05, 3.63) is 72.3 Å². The zero-order valence-corrected chi connectivity index (χ0v) is 20.2. The van der Waals surface area contributed by atoms with E-state index in [9.17, 15) is 9.59 Å². The average molecular weight is 478 g/mol. The second-order valence-corrected chi connectivity index (χ2v) is 9.82. The Morgan fingerprint density at radius 2 is 1.97 bits per heavy atom. The van der Waals surface area contributed by atoms with E-state index in [0.717, 1.165) is 35.2 Å². The molecule has 0 radical (unpaired) electrons. The van der Waals surface area contributed by atoms with Crippen molar-refractivity contribution in [2.75, 3.05) is 19.6 Å². The van der Waals surface area contributed by atoms with E-state index in [0.29, 0.717) is 13.1 Å². The third-order valence-corrected chi connectivity index (χ3v) is 7.38. The molecule has 1 fully saturated rings. The molecular formula is C26H31N5O2S. The molecule has 1 aromatic heterocycles. The van der Waals surface area contributed by atoms with Gasteiger partial charge in [-0.2, -0.15) is 0 Å². The van der Waals surface area contributed by atoms with Gasteiger partial charge in [0.1, 0.15) is 0 Å². The van der Waals surface area contributed by atoms with Crippen LogP contribution in [0.2, 0.25) is 0 Å². The van der Waals surface area contributed by atoms with Crippen LogP contribution in [-0.2, 0) is 9.59 Å². The Bertz CT molecular complexity index is 1110. The van der Waals surface area contributed by atoms with E-state index in [1.54, 1.807) is 16.8 Å². The summed E-state index contributed by atoms with van der Waals surface area (Å²) >= 11 is 1.72. The molecule has 1 aliphatic heterocycles. The summed E-state index contributed by atoms with van der Waals surface area (Å²) in [6.07, 6.45) is 2.46. The average Bonchev–Trinajstić information content (AvgIpc) is 3.32. The largest absolute Gasteiger partial charge is 0.351 e. The third-order valence-electron chi connectivity index (χ3n) is 6.17. The van der Waals surface area contributed by atoms with Gasteiger partial charge < -0.3 is 11.1 Å². The molecule has 34 heavy (non-hydrogen) atoms. The lowest BCUT2D eigenvalue weighted by molar-refractivity contribution is -0.137. The van der Waals surface area contributed by atoms with Crippen molar-refractivity contribution < 1.29 is 9.59 Å².